The number of thiazole rings is 1. The lowest BCUT2D eigenvalue weighted by Gasteiger charge is -2.09. The van der Waals surface area contributed by atoms with Crippen LogP contribution in [0.15, 0.2) is 29.9 Å². The monoisotopic (exact) mass is 275 g/mol. The highest BCUT2D eigenvalue weighted by Gasteiger charge is 2.07. The minimum absolute atomic E-state index is 0.0560. The summed E-state index contributed by atoms with van der Waals surface area (Å²) in [5.74, 6) is -0.0560. The van der Waals surface area contributed by atoms with Crippen LogP contribution in [-0.2, 0) is 6.54 Å². The standard InChI is InChI=1S/C14H17N3OS/c1-3-16-13-5-4-11(6-10(13)2)14(18)17-8-12-7-15-9-19-12/h4-7,9,16H,3,8H2,1-2H3,(H,17,18). The van der Waals surface area contributed by atoms with Gasteiger partial charge in [-0.15, -0.1) is 11.3 Å². The number of anilines is 1. The predicted octanol–water partition coefficient (Wildman–Crippen LogP) is 2.81. The van der Waals surface area contributed by atoms with Crippen LogP contribution < -0.4 is 10.6 Å². The zero-order chi connectivity index (χ0) is 13.7. The minimum atomic E-state index is -0.0560. The van der Waals surface area contributed by atoms with Crippen molar-refractivity contribution in [1.82, 2.24) is 10.3 Å². The molecule has 19 heavy (non-hydrogen) atoms. The van der Waals surface area contributed by atoms with Crippen LogP contribution in [0.4, 0.5) is 5.69 Å². The van der Waals surface area contributed by atoms with Gasteiger partial charge in [0.1, 0.15) is 0 Å². The molecule has 0 fully saturated rings. The molecule has 4 nitrogen and oxygen atoms in total. The highest BCUT2D eigenvalue weighted by Crippen LogP contribution is 2.16. The Morgan fingerprint density at radius 2 is 2.26 bits per heavy atom. The summed E-state index contributed by atoms with van der Waals surface area (Å²) in [6, 6.07) is 5.69. The van der Waals surface area contributed by atoms with Gasteiger partial charge in [0.15, 0.2) is 0 Å². The van der Waals surface area contributed by atoms with Gasteiger partial charge in [0.2, 0.25) is 0 Å². The number of benzene rings is 1. The predicted molar refractivity (Wildman–Crippen MR) is 78.6 cm³/mol. The second-order valence-corrected chi connectivity index (χ2v) is 5.18. The summed E-state index contributed by atoms with van der Waals surface area (Å²) in [6.07, 6.45) is 1.77. The molecule has 1 amide bonds. The van der Waals surface area contributed by atoms with Gasteiger partial charge >= 0.3 is 0 Å². The molecule has 2 N–H and O–H groups in total. The van der Waals surface area contributed by atoms with E-state index in [1.807, 2.05) is 25.1 Å². The number of rotatable bonds is 5. The molecule has 0 atom stereocenters. The van der Waals surface area contributed by atoms with E-state index in [0.717, 1.165) is 22.7 Å². The van der Waals surface area contributed by atoms with Crippen molar-refractivity contribution in [2.75, 3.05) is 11.9 Å². The number of hydrogen-bond donors (Lipinski definition) is 2. The minimum Gasteiger partial charge on any atom is -0.385 e. The molecule has 1 aromatic heterocycles. The van der Waals surface area contributed by atoms with Crippen LogP contribution in [0.1, 0.15) is 27.7 Å². The Morgan fingerprint density at radius 1 is 1.42 bits per heavy atom. The van der Waals surface area contributed by atoms with Crippen molar-refractivity contribution in [3.8, 4) is 0 Å². The first-order valence-electron chi connectivity index (χ1n) is 6.20. The Labute approximate surface area is 116 Å². The number of nitrogens with one attached hydrogen (secondary N) is 2. The third-order valence-corrected chi connectivity index (χ3v) is 3.54. The Hall–Kier alpha value is -1.88. The van der Waals surface area contributed by atoms with Crippen LogP contribution in [-0.4, -0.2) is 17.4 Å². The zero-order valence-corrected chi connectivity index (χ0v) is 11.9. The molecule has 0 unspecified atom stereocenters. The fourth-order valence-electron chi connectivity index (χ4n) is 1.79. The van der Waals surface area contributed by atoms with Gasteiger partial charge < -0.3 is 10.6 Å². The largest absolute Gasteiger partial charge is 0.385 e. The molecule has 5 heteroatoms. The van der Waals surface area contributed by atoms with E-state index in [1.54, 1.807) is 11.7 Å². The van der Waals surface area contributed by atoms with Crippen LogP contribution in [0.2, 0.25) is 0 Å². The highest BCUT2D eigenvalue weighted by molar-refractivity contribution is 7.09. The first kappa shape index (κ1) is 13.5. The van der Waals surface area contributed by atoms with Gasteiger partial charge in [-0.1, -0.05) is 0 Å². The Morgan fingerprint density at radius 3 is 2.89 bits per heavy atom. The summed E-state index contributed by atoms with van der Waals surface area (Å²) in [4.78, 5) is 17.0. The maximum absolute atomic E-state index is 12.0. The summed E-state index contributed by atoms with van der Waals surface area (Å²) in [6.45, 7) is 5.45. The molecule has 0 bridgehead atoms. The second kappa shape index (κ2) is 6.33. The SMILES string of the molecule is CCNc1ccc(C(=O)NCc2cncs2)cc1C. The van der Waals surface area contributed by atoms with E-state index in [4.69, 9.17) is 0 Å². The van der Waals surface area contributed by atoms with E-state index >= 15 is 0 Å². The number of amides is 1. The molecule has 0 aliphatic heterocycles. The smallest absolute Gasteiger partial charge is 0.251 e. The molecule has 1 aromatic carbocycles. The van der Waals surface area contributed by atoms with Gasteiger partial charge in [-0.3, -0.25) is 9.78 Å². The molecule has 2 rings (SSSR count). The van der Waals surface area contributed by atoms with Crippen molar-refractivity contribution in [1.29, 1.82) is 0 Å². The van der Waals surface area contributed by atoms with Crippen molar-refractivity contribution in [2.24, 2.45) is 0 Å². The van der Waals surface area contributed by atoms with Gasteiger partial charge in [0.05, 0.1) is 12.1 Å². The Bertz CT molecular complexity index is 552. The topological polar surface area (TPSA) is 54.0 Å². The lowest BCUT2D eigenvalue weighted by molar-refractivity contribution is 0.0951. The normalized spacial score (nSPS) is 10.2. The number of carbonyl (C=O) groups is 1. The van der Waals surface area contributed by atoms with Crippen molar-refractivity contribution < 1.29 is 4.79 Å². The summed E-state index contributed by atoms with van der Waals surface area (Å²) in [5, 5.41) is 6.15. The average Bonchev–Trinajstić information content (AvgIpc) is 2.91. The van der Waals surface area contributed by atoms with Crippen LogP contribution >= 0.6 is 11.3 Å². The average molecular weight is 275 g/mol. The molecule has 2 aromatic rings. The summed E-state index contributed by atoms with van der Waals surface area (Å²) in [5.41, 5.74) is 4.59. The van der Waals surface area contributed by atoms with Crippen LogP contribution in [0.5, 0.6) is 0 Å². The summed E-state index contributed by atoms with van der Waals surface area (Å²) < 4.78 is 0. The maximum atomic E-state index is 12.0. The second-order valence-electron chi connectivity index (χ2n) is 4.21. The molecule has 100 valence electrons. The van der Waals surface area contributed by atoms with Gasteiger partial charge in [-0.25, -0.2) is 0 Å². The van der Waals surface area contributed by atoms with Crippen LogP contribution in [0, 0.1) is 6.92 Å². The van der Waals surface area contributed by atoms with Gasteiger partial charge in [0.25, 0.3) is 5.91 Å². The number of aromatic nitrogens is 1. The first-order valence-corrected chi connectivity index (χ1v) is 7.08. The van der Waals surface area contributed by atoms with Crippen LogP contribution in [0.3, 0.4) is 0 Å². The van der Waals surface area contributed by atoms with Gasteiger partial charge in [0, 0.05) is 28.9 Å². The van der Waals surface area contributed by atoms with E-state index in [2.05, 4.69) is 22.5 Å². The molecule has 1 heterocycles. The summed E-state index contributed by atoms with van der Waals surface area (Å²) in [7, 11) is 0. The molecule has 0 saturated carbocycles. The van der Waals surface area contributed by atoms with Gasteiger partial charge in [-0.05, 0) is 37.6 Å². The third-order valence-electron chi connectivity index (χ3n) is 2.76. The van der Waals surface area contributed by atoms with E-state index in [1.165, 1.54) is 11.3 Å². The lowest BCUT2D eigenvalue weighted by atomic mass is 10.1. The van der Waals surface area contributed by atoms with E-state index in [-0.39, 0.29) is 5.91 Å². The summed E-state index contributed by atoms with van der Waals surface area (Å²) >= 11 is 1.54. The highest BCUT2D eigenvalue weighted by atomic mass is 32.1. The molecule has 0 aliphatic carbocycles. The van der Waals surface area contributed by atoms with Crippen molar-refractivity contribution >= 4 is 22.9 Å². The quantitative estimate of drug-likeness (QED) is 0.882. The fourth-order valence-corrected chi connectivity index (χ4v) is 2.33. The number of carbonyl (C=O) groups excluding carboxylic acids is 1. The molecular weight excluding hydrogens is 258 g/mol. The fraction of sp³-hybridized carbons (Fsp3) is 0.286. The maximum Gasteiger partial charge on any atom is 0.251 e. The molecule has 0 spiro atoms. The Balaban J connectivity index is 2.01. The third kappa shape index (κ3) is 3.54. The number of nitrogens with zero attached hydrogens (tertiary/aromatic N) is 1. The van der Waals surface area contributed by atoms with Crippen LogP contribution in [0.25, 0.3) is 0 Å². The van der Waals surface area contributed by atoms with Crippen molar-refractivity contribution in [2.45, 2.75) is 20.4 Å². The molecule has 0 saturated heterocycles. The lowest BCUT2D eigenvalue weighted by Crippen LogP contribution is -2.22. The first-order chi connectivity index (χ1) is 9.20. The molecule has 0 aliphatic rings. The zero-order valence-electron chi connectivity index (χ0n) is 11.1. The Kier molecular flexibility index (Phi) is 4.52. The number of aryl methyl sites for hydroxylation is 1. The van der Waals surface area contributed by atoms with E-state index in [0.29, 0.717) is 12.1 Å². The molecule has 0 radical (unpaired) electrons. The number of hydrogen-bond acceptors (Lipinski definition) is 4. The van der Waals surface area contributed by atoms with E-state index < -0.39 is 0 Å². The van der Waals surface area contributed by atoms with Gasteiger partial charge in [-0.2, -0.15) is 0 Å². The van der Waals surface area contributed by atoms with Crippen molar-refractivity contribution in [3.05, 3.63) is 45.9 Å². The van der Waals surface area contributed by atoms with Crippen molar-refractivity contribution in [3.63, 3.8) is 0 Å². The molecular formula is C14H17N3OS. The van der Waals surface area contributed by atoms with E-state index in [9.17, 15) is 4.79 Å².